The van der Waals surface area contributed by atoms with Crippen LogP contribution in [0.2, 0.25) is 0 Å². The number of nitrogens with zero attached hydrogens (tertiary/aromatic N) is 3. The lowest BCUT2D eigenvalue weighted by Gasteiger charge is -2.49. The van der Waals surface area contributed by atoms with Crippen LogP contribution < -0.4 is 15.5 Å². The maximum atomic E-state index is 13.7. The highest BCUT2D eigenvalue weighted by Gasteiger charge is 2.47. The molecule has 1 saturated carbocycles. The van der Waals surface area contributed by atoms with E-state index in [0.717, 1.165) is 64.8 Å². The molecule has 4 aliphatic rings. The van der Waals surface area contributed by atoms with Crippen LogP contribution in [0.15, 0.2) is 59.3 Å². The maximum absolute atomic E-state index is 13.7. The van der Waals surface area contributed by atoms with Gasteiger partial charge in [0.1, 0.15) is 0 Å². The highest BCUT2D eigenvalue weighted by molar-refractivity contribution is 5.98. The van der Waals surface area contributed by atoms with E-state index in [0.29, 0.717) is 23.7 Å². The van der Waals surface area contributed by atoms with Crippen molar-refractivity contribution >= 4 is 22.5 Å². The zero-order valence-corrected chi connectivity index (χ0v) is 20.5. The summed E-state index contributed by atoms with van der Waals surface area (Å²) in [7, 11) is 0. The van der Waals surface area contributed by atoms with Crippen LogP contribution >= 0.6 is 0 Å². The predicted octanol–water partition coefficient (Wildman–Crippen LogP) is 4.48. The number of aromatic nitrogens is 2. The number of fused-ring (bicyclic) bond motifs is 3. The van der Waals surface area contributed by atoms with Crippen LogP contribution in [0.1, 0.15) is 46.6 Å². The van der Waals surface area contributed by atoms with Crippen molar-refractivity contribution in [3.8, 4) is 11.3 Å². The first-order chi connectivity index (χ1) is 17.5. The molecule has 8 rings (SSSR count). The fourth-order valence-electron chi connectivity index (χ4n) is 5.86. The summed E-state index contributed by atoms with van der Waals surface area (Å²) in [6.45, 7) is 5.85. The molecule has 7 heteroatoms. The van der Waals surface area contributed by atoms with Crippen molar-refractivity contribution in [1.82, 2.24) is 20.6 Å². The molecule has 2 bridgehead atoms. The van der Waals surface area contributed by atoms with Gasteiger partial charge < -0.3 is 20.0 Å². The van der Waals surface area contributed by atoms with Gasteiger partial charge in [0.2, 0.25) is 0 Å². The molecule has 2 unspecified atom stereocenters. The molecule has 0 radical (unpaired) electrons. The Morgan fingerprint density at radius 1 is 1.11 bits per heavy atom. The summed E-state index contributed by atoms with van der Waals surface area (Å²) in [6, 6.07) is 15.6. The Bertz CT molecular complexity index is 1490. The van der Waals surface area contributed by atoms with E-state index < -0.39 is 5.54 Å². The van der Waals surface area contributed by atoms with E-state index >= 15 is 0 Å². The third kappa shape index (κ3) is 3.57. The van der Waals surface area contributed by atoms with E-state index in [1.807, 2.05) is 26.0 Å². The number of piperidine rings is 1. The molecule has 1 aliphatic carbocycles. The number of hydrogen-bond acceptors (Lipinski definition) is 6. The smallest absolute Gasteiger partial charge is 0.252 e. The number of rotatable bonds is 5. The van der Waals surface area contributed by atoms with E-state index in [4.69, 9.17) is 4.42 Å². The summed E-state index contributed by atoms with van der Waals surface area (Å²) in [5, 5.41) is 8.06. The van der Waals surface area contributed by atoms with Gasteiger partial charge in [-0.1, -0.05) is 12.1 Å². The lowest BCUT2D eigenvalue weighted by Crippen LogP contribution is -2.67. The summed E-state index contributed by atoms with van der Waals surface area (Å²) in [5.41, 5.74) is 5.34. The predicted molar refractivity (Wildman–Crippen MR) is 139 cm³/mol. The summed E-state index contributed by atoms with van der Waals surface area (Å²) in [6.07, 6.45) is 6.58. The number of aryl methyl sites for hydroxylation is 2. The Labute approximate surface area is 209 Å². The number of pyridine rings is 1. The largest absolute Gasteiger partial charge is 0.441 e. The molecule has 4 fully saturated rings. The standard InChI is InChI=1S/C29H29N5O2/c1-17-5-6-22(34-15-20-12-21(16-34)32-20)13-24(17)28(35)33-29(7-8-29)25-10-19(27-14-31-18(2)36-27)11-26-23(25)4-3-9-30-26/h3-6,9-11,13-14,20-21,32H,7-8,12,15-16H2,1-2H3,(H,33,35). The van der Waals surface area contributed by atoms with Crippen molar-refractivity contribution in [3.05, 3.63) is 77.4 Å². The van der Waals surface area contributed by atoms with Crippen molar-refractivity contribution in [2.24, 2.45) is 0 Å². The molecule has 0 spiro atoms. The lowest BCUT2D eigenvalue weighted by atomic mass is 9.90. The number of piperazine rings is 1. The van der Waals surface area contributed by atoms with Gasteiger partial charge in [0, 0.05) is 60.5 Å². The van der Waals surface area contributed by atoms with Crippen molar-refractivity contribution in [3.63, 3.8) is 0 Å². The number of benzene rings is 2. The molecular weight excluding hydrogens is 450 g/mol. The fraction of sp³-hybridized carbons (Fsp3) is 0.345. The Kier molecular flexibility index (Phi) is 4.73. The molecule has 1 amide bonds. The number of oxazole rings is 1. The van der Waals surface area contributed by atoms with Crippen molar-refractivity contribution in [2.75, 3.05) is 18.0 Å². The average molecular weight is 480 g/mol. The zero-order chi connectivity index (χ0) is 24.4. The number of carbonyl (C=O) groups excluding carboxylic acids is 1. The number of hydrogen-bond donors (Lipinski definition) is 2. The molecule has 182 valence electrons. The van der Waals surface area contributed by atoms with E-state index in [1.165, 1.54) is 6.42 Å². The van der Waals surface area contributed by atoms with Gasteiger partial charge in [0.05, 0.1) is 17.3 Å². The van der Waals surface area contributed by atoms with Crippen LogP contribution in [0.3, 0.4) is 0 Å². The number of amides is 1. The van der Waals surface area contributed by atoms with E-state index in [1.54, 1.807) is 12.4 Å². The molecule has 2 N–H and O–H groups in total. The third-order valence-corrected chi connectivity index (χ3v) is 8.00. The highest BCUT2D eigenvalue weighted by atomic mass is 16.4. The average Bonchev–Trinajstić information content (AvgIpc) is 3.52. The SMILES string of the molecule is Cc1ncc(-c2cc(C3(NC(=O)c4cc(N5CC6CC(C5)N6)ccc4C)CC3)c3cccnc3c2)o1. The fourth-order valence-corrected chi connectivity index (χ4v) is 5.86. The zero-order valence-electron chi connectivity index (χ0n) is 20.5. The van der Waals surface area contributed by atoms with Crippen LogP contribution in [0, 0.1) is 13.8 Å². The van der Waals surface area contributed by atoms with Gasteiger partial charge in [-0.3, -0.25) is 9.78 Å². The van der Waals surface area contributed by atoms with Gasteiger partial charge >= 0.3 is 0 Å². The van der Waals surface area contributed by atoms with Crippen molar-refractivity contribution < 1.29 is 9.21 Å². The summed E-state index contributed by atoms with van der Waals surface area (Å²) < 4.78 is 5.82. The lowest BCUT2D eigenvalue weighted by molar-refractivity contribution is 0.0930. The topological polar surface area (TPSA) is 83.3 Å². The van der Waals surface area contributed by atoms with Crippen LogP contribution in [0.4, 0.5) is 5.69 Å². The second kappa shape index (κ2) is 7.90. The van der Waals surface area contributed by atoms with E-state index in [2.05, 4.69) is 55.8 Å². The Balaban J connectivity index is 1.23. The van der Waals surface area contributed by atoms with Gasteiger partial charge in [-0.15, -0.1) is 0 Å². The molecule has 3 saturated heterocycles. The molecule has 2 atom stereocenters. The molecule has 36 heavy (non-hydrogen) atoms. The minimum atomic E-state index is -0.414. The van der Waals surface area contributed by atoms with Crippen molar-refractivity contribution in [2.45, 2.75) is 50.7 Å². The monoisotopic (exact) mass is 479 g/mol. The highest BCUT2D eigenvalue weighted by Crippen LogP contribution is 2.49. The van der Waals surface area contributed by atoms with E-state index in [9.17, 15) is 4.79 Å². The normalized spacial score (nSPS) is 21.8. The van der Waals surface area contributed by atoms with Crippen molar-refractivity contribution in [1.29, 1.82) is 0 Å². The summed E-state index contributed by atoms with van der Waals surface area (Å²) in [5.74, 6) is 1.31. The molecule has 3 aliphatic heterocycles. The number of anilines is 1. The molecule has 7 nitrogen and oxygen atoms in total. The summed E-state index contributed by atoms with van der Waals surface area (Å²) >= 11 is 0. The quantitative estimate of drug-likeness (QED) is 0.439. The second-order valence-electron chi connectivity index (χ2n) is 10.6. The van der Waals surface area contributed by atoms with E-state index in [-0.39, 0.29) is 5.91 Å². The first kappa shape index (κ1) is 21.6. The first-order valence-electron chi connectivity index (χ1n) is 12.7. The molecule has 2 aromatic carbocycles. The number of carbonyl (C=O) groups is 1. The van der Waals surface area contributed by atoms with Gasteiger partial charge in [0.15, 0.2) is 11.7 Å². The van der Waals surface area contributed by atoms with Crippen LogP contribution in [0.25, 0.3) is 22.2 Å². The molecule has 5 heterocycles. The minimum absolute atomic E-state index is 0.0231. The maximum Gasteiger partial charge on any atom is 0.252 e. The molecular formula is C29H29N5O2. The third-order valence-electron chi connectivity index (χ3n) is 8.00. The second-order valence-corrected chi connectivity index (χ2v) is 10.6. The summed E-state index contributed by atoms with van der Waals surface area (Å²) in [4.78, 5) is 25.0. The first-order valence-corrected chi connectivity index (χ1v) is 12.7. The minimum Gasteiger partial charge on any atom is -0.441 e. The Morgan fingerprint density at radius 3 is 2.64 bits per heavy atom. The molecule has 4 aromatic rings. The van der Waals surface area contributed by atoms with Gasteiger partial charge in [0.25, 0.3) is 5.91 Å². The Morgan fingerprint density at radius 2 is 1.92 bits per heavy atom. The van der Waals surface area contributed by atoms with Crippen LogP contribution in [0.5, 0.6) is 0 Å². The Hall–Kier alpha value is -3.71. The molecule has 2 aromatic heterocycles. The van der Waals surface area contributed by atoms with Gasteiger partial charge in [-0.2, -0.15) is 0 Å². The number of nitrogens with one attached hydrogen (secondary N) is 2. The van der Waals surface area contributed by atoms with Gasteiger partial charge in [-0.25, -0.2) is 4.98 Å². The van der Waals surface area contributed by atoms with Crippen LogP contribution in [-0.4, -0.2) is 41.0 Å². The van der Waals surface area contributed by atoms with Gasteiger partial charge in [-0.05, 0) is 67.6 Å². The van der Waals surface area contributed by atoms with Crippen LogP contribution in [-0.2, 0) is 5.54 Å².